The molecule has 0 bridgehead atoms. The summed E-state index contributed by atoms with van der Waals surface area (Å²) in [5, 5.41) is 13.4. The zero-order chi connectivity index (χ0) is 23.3. The minimum atomic E-state index is -4.22. The van der Waals surface area contributed by atoms with E-state index in [2.05, 4.69) is 21.0 Å². The van der Waals surface area contributed by atoms with Gasteiger partial charge >= 0.3 is 11.9 Å². The number of nitrogens with one attached hydrogen (secondary N) is 1. The van der Waals surface area contributed by atoms with Gasteiger partial charge in [0.25, 0.3) is 10.0 Å². The smallest absolute Gasteiger partial charge is 0.325 e. The summed E-state index contributed by atoms with van der Waals surface area (Å²) in [7, 11) is -4.22. The van der Waals surface area contributed by atoms with Crippen LogP contribution in [0.3, 0.4) is 0 Å². The van der Waals surface area contributed by atoms with Crippen LogP contribution in [0.1, 0.15) is 24.2 Å². The van der Waals surface area contributed by atoms with Crippen molar-refractivity contribution in [3.05, 3.63) is 72.5 Å². The van der Waals surface area contributed by atoms with Crippen molar-refractivity contribution in [2.24, 2.45) is 5.92 Å². The second-order valence-electron chi connectivity index (χ2n) is 7.48. The lowest BCUT2D eigenvalue weighted by Crippen LogP contribution is -2.45. The van der Waals surface area contributed by atoms with Gasteiger partial charge in [-0.1, -0.05) is 49.0 Å². The van der Waals surface area contributed by atoms with Crippen molar-refractivity contribution in [3.8, 4) is 10.6 Å². The lowest BCUT2D eigenvalue weighted by Gasteiger charge is -2.15. The summed E-state index contributed by atoms with van der Waals surface area (Å²) in [6.45, 7) is 4.72. The number of sulfonamides is 1. The number of hydrogen-bond donors (Lipinski definition) is 2. The molecule has 0 aliphatic heterocycles. The molecule has 1 fully saturated rings. The van der Waals surface area contributed by atoms with Crippen LogP contribution in [0.2, 0.25) is 0 Å². The van der Waals surface area contributed by atoms with Crippen LogP contribution in [0.15, 0.2) is 69.9 Å². The summed E-state index contributed by atoms with van der Waals surface area (Å²) in [5.74, 6) is -6.42. The molecule has 168 valence electrons. The maximum atomic E-state index is 13.7. The summed E-state index contributed by atoms with van der Waals surface area (Å²) >= 11 is 0.766. The summed E-state index contributed by atoms with van der Waals surface area (Å²) in [5.41, 5.74) is -0.935. The average Bonchev–Trinajstić information content (AvgIpc) is 3.20. The van der Waals surface area contributed by atoms with Crippen LogP contribution in [0, 0.1) is 5.92 Å². The van der Waals surface area contributed by atoms with Gasteiger partial charge in [0.05, 0.1) is 4.88 Å². The highest BCUT2D eigenvalue weighted by Gasteiger charge is 2.70. The number of thiophene rings is 1. The number of carboxylic acid groups (broad SMARTS) is 1. The molecule has 7 nitrogen and oxygen atoms in total. The predicted octanol–water partition coefficient (Wildman–Crippen LogP) is 4.22. The fraction of sp³-hybridized carbons (Fsp3) is 0.238. The van der Waals surface area contributed by atoms with Gasteiger partial charge in [-0.05, 0) is 29.7 Å². The van der Waals surface area contributed by atoms with E-state index in [0.29, 0.717) is 6.08 Å². The topological polar surface area (TPSA) is 110 Å². The highest BCUT2D eigenvalue weighted by atomic mass is 32.2. The Labute approximate surface area is 186 Å². The number of alkyl halides is 2. The molecule has 0 unspecified atom stereocenters. The minimum Gasteiger partial charge on any atom is -0.480 e. The molecular formula is C21H18F2N2O5S2. The zero-order valence-electron chi connectivity index (χ0n) is 16.7. The number of benzene rings is 1. The van der Waals surface area contributed by atoms with Crippen molar-refractivity contribution in [1.82, 2.24) is 9.88 Å². The number of allylic oxidation sites excluding steroid dienone is 1. The predicted molar refractivity (Wildman–Crippen MR) is 113 cm³/mol. The van der Waals surface area contributed by atoms with Gasteiger partial charge in [0.2, 0.25) is 5.76 Å². The molecule has 3 aromatic rings. The van der Waals surface area contributed by atoms with E-state index in [1.807, 2.05) is 0 Å². The third kappa shape index (κ3) is 3.55. The van der Waals surface area contributed by atoms with Gasteiger partial charge in [0.1, 0.15) is 15.4 Å². The molecule has 0 saturated heterocycles. The second-order valence-corrected chi connectivity index (χ2v) is 10.5. The first-order valence-corrected chi connectivity index (χ1v) is 11.7. The van der Waals surface area contributed by atoms with Crippen molar-refractivity contribution in [2.75, 3.05) is 0 Å². The van der Waals surface area contributed by atoms with Crippen molar-refractivity contribution in [3.63, 3.8) is 0 Å². The summed E-state index contributed by atoms with van der Waals surface area (Å²) < 4.78 is 60.3. The van der Waals surface area contributed by atoms with Gasteiger partial charge in [-0.25, -0.2) is 8.42 Å². The van der Waals surface area contributed by atoms with Crippen molar-refractivity contribution < 1.29 is 31.6 Å². The lowest BCUT2D eigenvalue weighted by molar-refractivity contribution is -0.140. The molecule has 1 aliphatic carbocycles. The highest BCUT2D eigenvalue weighted by molar-refractivity contribution is 7.91. The van der Waals surface area contributed by atoms with E-state index in [1.54, 1.807) is 37.3 Å². The van der Waals surface area contributed by atoms with E-state index in [-0.39, 0.29) is 14.8 Å². The number of rotatable bonds is 8. The standard InChI is InChI=1S/C21H18F2N2O5S2/c1-3-20(22,23)16-11-14(24-30-16)15-9-10-17(31-15)32(28,29)25-21(19(26)27)12(2)18(21)13-7-5-4-6-8-13/h3-12,18,25H,1H2,2H3,(H,26,27)/t12-,18+,21-/m1/s1. The van der Waals surface area contributed by atoms with E-state index in [4.69, 9.17) is 0 Å². The summed E-state index contributed by atoms with van der Waals surface area (Å²) in [4.78, 5) is 12.4. The van der Waals surface area contributed by atoms with Crippen LogP contribution in [-0.4, -0.2) is 30.2 Å². The SMILES string of the molecule is C=CC(F)(F)c1cc(-c2ccc(S(=O)(=O)N[C@]3(C(=O)O)[C@H](C)[C@H]3c3ccccc3)s2)no1. The first kappa shape index (κ1) is 22.3. The maximum absolute atomic E-state index is 13.7. The summed E-state index contributed by atoms with van der Waals surface area (Å²) in [6.07, 6.45) is 0.414. The van der Waals surface area contributed by atoms with Gasteiger partial charge < -0.3 is 9.63 Å². The molecular weight excluding hydrogens is 462 g/mol. The Morgan fingerprint density at radius 3 is 2.62 bits per heavy atom. The van der Waals surface area contributed by atoms with Gasteiger partial charge in [0.15, 0.2) is 0 Å². The van der Waals surface area contributed by atoms with E-state index < -0.39 is 45.1 Å². The molecule has 1 saturated carbocycles. The maximum Gasteiger partial charge on any atom is 0.325 e. The first-order valence-electron chi connectivity index (χ1n) is 9.44. The quantitative estimate of drug-likeness (QED) is 0.468. The molecule has 2 N–H and O–H groups in total. The molecule has 2 heterocycles. The zero-order valence-corrected chi connectivity index (χ0v) is 18.3. The molecule has 4 rings (SSSR count). The van der Waals surface area contributed by atoms with Crippen LogP contribution in [0.4, 0.5) is 8.78 Å². The fourth-order valence-corrected chi connectivity index (χ4v) is 6.54. The first-order chi connectivity index (χ1) is 15.0. The molecule has 0 radical (unpaired) electrons. The molecule has 2 aromatic heterocycles. The Kier molecular flexibility index (Phi) is 5.30. The van der Waals surface area contributed by atoms with Gasteiger partial charge in [-0.15, -0.1) is 11.3 Å². The molecule has 1 aromatic carbocycles. The Morgan fingerprint density at radius 2 is 2.00 bits per heavy atom. The normalized spacial score (nSPS) is 23.1. The van der Waals surface area contributed by atoms with Crippen LogP contribution in [-0.2, 0) is 20.7 Å². The van der Waals surface area contributed by atoms with E-state index >= 15 is 0 Å². The number of aromatic nitrogens is 1. The molecule has 11 heteroatoms. The van der Waals surface area contributed by atoms with E-state index in [9.17, 15) is 27.1 Å². The molecule has 0 spiro atoms. The Bertz CT molecular complexity index is 1290. The molecule has 1 aliphatic rings. The molecule has 0 amide bonds. The number of carbonyl (C=O) groups is 1. The van der Waals surface area contributed by atoms with Crippen molar-refractivity contribution in [1.29, 1.82) is 0 Å². The molecule has 32 heavy (non-hydrogen) atoms. The minimum absolute atomic E-state index is 0.0304. The van der Waals surface area contributed by atoms with Crippen LogP contribution >= 0.6 is 11.3 Å². The van der Waals surface area contributed by atoms with E-state index in [1.165, 1.54) is 12.1 Å². The van der Waals surface area contributed by atoms with Gasteiger partial charge in [0, 0.05) is 12.0 Å². The monoisotopic (exact) mass is 480 g/mol. The van der Waals surface area contributed by atoms with Crippen molar-refractivity contribution in [2.45, 2.75) is 28.5 Å². The highest BCUT2D eigenvalue weighted by Crippen LogP contribution is 2.58. The number of hydrogen-bond acceptors (Lipinski definition) is 6. The third-order valence-electron chi connectivity index (χ3n) is 5.61. The fourth-order valence-electron chi connectivity index (χ4n) is 3.82. The molecule has 3 atom stereocenters. The van der Waals surface area contributed by atoms with E-state index in [0.717, 1.165) is 23.0 Å². The van der Waals surface area contributed by atoms with Gasteiger partial charge in [-0.3, -0.25) is 4.79 Å². The average molecular weight is 481 g/mol. The second kappa shape index (κ2) is 7.61. The number of aliphatic carboxylic acids is 1. The largest absolute Gasteiger partial charge is 0.480 e. The third-order valence-corrected chi connectivity index (χ3v) is 8.69. The van der Waals surface area contributed by atoms with Crippen LogP contribution < -0.4 is 4.72 Å². The number of nitrogens with zero attached hydrogens (tertiary/aromatic N) is 1. The Morgan fingerprint density at radius 1 is 1.31 bits per heavy atom. The Balaban J connectivity index is 1.62. The number of halogens is 2. The lowest BCUT2D eigenvalue weighted by atomic mass is 10.1. The van der Waals surface area contributed by atoms with Crippen LogP contribution in [0.25, 0.3) is 10.6 Å². The number of carboxylic acids is 1. The van der Waals surface area contributed by atoms with Crippen LogP contribution in [0.5, 0.6) is 0 Å². The summed E-state index contributed by atoms with van der Waals surface area (Å²) in [6, 6.07) is 12.5. The Hall–Kier alpha value is -2.89. The van der Waals surface area contributed by atoms with Gasteiger partial charge in [-0.2, -0.15) is 13.5 Å². The van der Waals surface area contributed by atoms with Crippen molar-refractivity contribution >= 4 is 27.3 Å².